The first-order chi connectivity index (χ1) is 14.1. The maximum absolute atomic E-state index is 13.2. The van der Waals surface area contributed by atoms with Crippen molar-refractivity contribution >= 4 is 29.0 Å². The van der Waals surface area contributed by atoms with Gasteiger partial charge in [0, 0.05) is 17.7 Å². The molecule has 2 saturated carbocycles. The van der Waals surface area contributed by atoms with Crippen LogP contribution in [0.1, 0.15) is 35.4 Å². The van der Waals surface area contributed by atoms with E-state index in [2.05, 4.69) is 15.3 Å². The zero-order chi connectivity index (χ0) is 20.0. The van der Waals surface area contributed by atoms with Crippen LogP contribution in [0.5, 0.6) is 5.88 Å². The molecule has 9 heteroatoms. The summed E-state index contributed by atoms with van der Waals surface area (Å²) in [7, 11) is 0. The molecule has 1 aliphatic heterocycles. The molecule has 2 amide bonds. The van der Waals surface area contributed by atoms with Gasteiger partial charge in [0.25, 0.3) is 5.91 Å². The van der Waals surface area contributed by atoms with Gasteiger partial charge in [-0.3, -0.25) is 9.59 Å². The minimum Gasteiger partial charge on any atom is -0.476 e. The number of halogens is 1. The number of aromatic nitrogens is 2. The van der Waals surface area contributed by atoms with Crippen LogP contribution in [0.4, 0.5) is 10.2 Å². The molecule has 1 N–H and O–H groups in total. The molecule has 7 nitrogen and oxygen atoms in total. The molecule has 3 heterocycles. The Hall–Kier alpha value is -2.55. The van der Waals surface area contributed by atoms with Gasteiger partial charge in [0.05, 0.1) is 19.7 Å². The highest BCUT2D eigenvalue weighted by atomic mass is 32.1. The molecule has 0 atom stereocenters. The number of thiazole rings is 1. The standard InChI is InChI=1S/C20H21FN4O3S/c21-14-8-25(9-14)20(27)16-18(28-10-11-1-2-11)24-19(29-16)13-5-6-22-15(7-13)23-17(26)12-3-4-12/h5-7,11-12,14H,1-4,8-10H2,(H,22,23,26). The summed E-state index contributed by atoms with van der Waals surface area (Å²) >= 11 is 1.23. The zero-order valence-corrected chi connectivity index (χ0v) is 16.6. The number of anilines is 1. The van der Waals surface area contributed by atoms with E-state index in [1.165, 1.54) is 16.2 Å². The van der Waals surface area contributed by atoms with Crippen LogP contribution in [0.2, 0.25) is 0 Å². The van der Waals surface area contributed by atoms with Gasteiger partial charge in [-0.25, -0.2) is 14.4 Å². The molecule has 5 rings (SSSR count). The Bertz CT molecular complexity index is 951. The molecular formula is C20H21FN4O3S. The van der Waals surface area contributed by atoms with Gasteiger partial charge in [0.15, 0.2) is 4.88 Å². The smallest absolute Gasteiger partial charge is 0.269 e. The lowest BCUT2D eigenvalue weighted by Crippen LogP contribution is -2.51. The van der Waals surface area contributed by atoms with E-state index in [1.54, 1.807) is 18.3 Å². The average molecular weight is 416 g/mol. The first kappa shape index (κ1) is 18.5. The fourth-order valence-electron chi connectivity index (χ4n) is 3.08. The van der Waals surface area contributed by atoms with Crippen LogP contribution in [0, 0.1) is 11.8 Å². The predicted octanol–water partition coefficient (Wildman–Crippen LogP) is 3.14. The second-order valence-electron chi connectivity index (χ2n) is 7.91. The third kappa shape index (κ3) is 4.10. The number of hydrogen-bond donors (Lipinski definition) is 1. The predicted molar refractivity (Wildman–Crippen MR) is 106 cm³/mol. The summed E-state index contributed by atoms with van der Waals surface area (Å²) in [5.74, 6) is 1.12. The average Bonchev–Trinajstić information content (AvgIpc) is 3.61. The van der Waals surface area contributed by atoms with Gasteiger partial charge in [0.2, 0.25) is 11.8 Å². The Morgan fingerprint density at radius 3 is 2.76 bits per heavy atom. The number of pyridine rings is 1. The minimum atomic E-state index is -0.958. The molecule has 2 aromatic rings. The van der Waals surface area contributed by atoms with Gasteiger partial charge >= 0.3 is 0 Å². The number of amides is 2. The van der Waals surface area contributed by atoms with E-state index >= 15 is 0 Å². The molecule has 0 spiro atoms. The van der Waals surface area contributed by atoms with Crippen LogP contribution in [-0.2, 0) is 4.79 Å². The molecule has 152 valence electrons. The first-order valence-corrected chi connectivity index (χ1v) is 10.7. The van der Waals surface area contributed by atoms with Crippen LogP contribution in [0.15, 0.2) is 18.3 Å². The SMILES string of the molecule is O=C(Nc1cc(-c2nc(OCC3CC3)c(C(=O)N3CC(F)C3)s2)ccn1)C1CC1. The van der Waals surface area contributed by atoms with Crippen molar-refractivity contribution in [2.75, 3.05) is 25.0 Å². The van der Waals surface area contributed by atoms with Crippen LogP contribution >= 0.6 is 11.3 Å². The summed E-state index contributed by atoms with van der Waals surface area (Å²) in [5, 5.41) is 3.44. The highest BCUT2D eigenvalue weighted by Crippen LogP contribution is 2.37. The van der Waals surface area contributed by atoms with Crippen molar-refractivity contribution in [3.63, 3.8) is 0 Å². The third-order valence-corrected chi connectivity index (χ3v) is 6.35. The molecule has 3 aliphatic rings. The number of carbonyl (C=O) groups is 2. The van der Waals surface area contributed by atoms with Crippen LogP contribution in [-0.4, -0.2) is 52.6 Å². The van der Waals surface area contributed by atoms with Crippen molar-refractivity contribution in [3.8, 4) is 16.5 Å². The first-order valence-electron chi connectivity index (χ1n) is 9.91. The summed E-state index contributed by atoms with van der Waals surface area (Å²) in [4.78, 5) is 35.4. The molecular weight excluding hydrogens is 395 g/mol. The molecule has 2 aliphatic carbocycles. The number of likely N-dealkylation sites (tertiary alicyclic amines) is 1. The second kappa shape index (κ2) is 7.37. The monoisotopic (exact) mass is 416 g/mol. The van der Waals surface area contributed by atoms with E-state index in [9.17, 15) is 14.0 Å². The number of hydrogen-bond acceptors (Lipinski definition) is 6. The van der Waals surface area contributed by atoms with Crippen molar-refractivity contribution in [3.05, 3.63) is 23.2 Å². The number of nitrogens with zero attached hydrogens (tertiary/aromatic N) is 3. The molecule has 2 aromatic heterocycles. The molecule has 1 saturated heterocycles. The van der Waals surface area contributed by atoms with Crippen molar-refractivity contribution in [2.45, 2.75) is 31.9 Å². The van der Waals surface area contributed by atoms with Gasteiger partial charge in [-0.15, -0.1) is 11.3 Å². The number of carbonyl (C=O) groups excluding carboxylic acids is 2. The van der Waals surface area contributed by atoms with E-state index in [-0.39, 0.29) is 30.8 Å². The summed E-state index contributed by atoms with van der Waals surface area (Å²) in [5.41, 5.74) is 0.749. The fraction of sp³-hybridized carbons (Fsp3) is 0.500. The summed E-state index contributed by atoms with van der Waals surface area (Å²) in [6, 6.07) is 3.53. The lowest BCUT2D eigenvalue weighted by atomic mass is 10.2. The number of alkyl halides is 1. The summed E-state index contributed by atoms with van der Waals surface area (Å²) < 4.78 is 19.0. The van der Waals surface area contributed by atoms with Crippen LogP contribution in [0.25, 0.3) is 10.6 Å². The van der Waals surface area contributed by atoms with Gasteiger partial charge < -0.3 is 15.0 Å². The number of rotatable bonds is 7. The Kier molecular flexibility index (Phi) is 4.69. The van der Waals surface area contributed by atoms with Crippen molar-refractivity contribution in [1.29, 1.82) is 0 Å². The maximum Gasteiger partial charge on any atom is 0.269 e. The van der Waals surface area contributed by atoms with E-state index in [4.69, 9.17) is 4.74 Å². The molecule has 3 fully saturated rings. The van der Waals surface area contributed by atoms with Crippen LogP contribution < -0.4 is 10.1 Å². The van der Waals surface area contributed by atoms with E-state index in [1.807, 2.05) is 0 Å². The minimum absolute atomic E-state index is 0.0170. The number of ether oxygens (including phenoxy) is 1. The molecule has 0 unspecified atom stereocenters. The Labute approximate surface area is 171 Å². The second-order valence-corrected chi connectivity index (χ2v) is 8.91. The Balaban J connectivity index is 1.39. The lowest BCUT2D eigenvalue weighted by Gasteiger charge is -2.33. The molecule has 0 aromatic carbocycles. The Morgan fingerprint density at radius 2 is 2.07 bits per heavy atom. The molecule has 0 bridgehead atoms. The van der Waals surface area contributed by atoms with Gasteiger partial charge in [-0.1, -0.05) is 0 Å². The van der Waals surface area contributed by atoms with Gasteiger partial charge in [-0.05, 0) is 43.7 Å². The highest BCUT2D eigenvalue weighted by molar-refractivity contribution is 7.17. The van der Waals surface area contributed by atoms with Gasteiger partial charge in [0.1, 0.15) is 17.0 Å². The highest BCUT2D eigenvalue weighted by Gasteiger charge is 2.35. The van der Waals surface area contributed by atoms with Crippen molar-refractivity contribution < 1.29 is 18.7 Å². The van der Waals surface area contributed by atoms with E-state index in [0.29, 0.717) is 34.1 Å². The van der Waals surface area contributed by atoms with E-state index in [0.717, 1.165) is 31.2 Å². The Morgan fingerprint density at radius 1 is 1.28 bits per heavy atom. The molecule has 0 radical (unpaired) electrons. The zero-order valence-electron chi connectivity index (χ0n) is 15.8. The van der Waals surface area contributed by atoms with Crippen molar-refractivity contribution in [2.24, 2.45) is 11.8 Å². The van der Waals surface area contributed by atoms with Crippen LogP contribution in [0.3, 0.4) is 0 Å². The maximum atomic E-state index is 13.2. The molecule has 29 heavy (non-hydrogen) atoms. The third-order valence-electron chi connectivity index (χ3n) is 5.27. The van der Waals surface area contributed by atoms with Crippen molar-refractivity contribution in [1.82, 2.24) is 14.9 Å². The fourth-order valence-corrected chi connectivity index (χ4v) is 4.06. The topological polar surface area (TPSA) is 84.4 Å². The quantitative estimate of drug-likeness (QED) is 0.750. The lowest BCUT2D eigenvalue weighted by molar-refractivity contribution is -0.117. The number of nitrogens with one attached hydrogen (secondary N) is 1. The van der Waals surface area contributed by atoms with Gasteiger partial charge in [-0.2, -0.15) is 0 Å². The normalized spacial score (nSPS) is 19.0. The summed E-state index contributed by atoms with van der Waals surface area (Å²) in [6.45, 7) is 0.760. The summed E-state index contributed by atoms with van der Waals surface area (Å²) in [6.07, 6.45) is 4.74. The largest absolute Gasteiger partial charge is 0.476 e. The van der Waals surface area contributed by atoms with E-state index < -0.39 is 6.17 Å².